The Labute approximate surface area is 170 Å². The lowest BCUT2D eigenvalue weighted by Gasteiger charge is -2.19. The predicted octanol–water partition coefficient (Wildman–Crippen LogP) is 3.05. The summed E-state index contributed by atoms with van der Waals surface area (Å²) >= 11 is 0. The van der Waals surface area contributed by atoms with Crippen molar-refractivity contribution in [2.24, 2.45) is 0 Å². The summed E-state index contributed by atoms with van der Waals surface area (Å²) < 4.78 is 11.1. The van der Waals surface area contributed by atoms with Gasteiger partial charge in [0.25, 0.3) is 0 Å². The molecule has 0 bridgehead atoms. The lowest BCUT2D eigenvalue weighted by molar-refractivity contribution is -0.125. The third-order valence-corrected chi connectivity index (χ3v) is 4.64. The summed E-state index contributed by atoms with van der Waals surface area (Å²) in [6.45, 7) is 2.81. The number of amides is 2. The van der Waals surface area contributed by atoms with Crippen LogP contribution >= 0.6 is 0 Å². The molecule has 2 aromatic rings. The third kappa shape index (κ3) is 4.93. The zero-order valence-corrected chi connectivity index (χ0v) is 16.9. The van der Waals surface area contributed by atoms with Gasteiger partial charge in [0.05, 0.1) is 13.7 Å². The molecule has 1 N–H and O–H groups in total. The van der Waals surface area contributed by atoms with Gasteiger partial charge in [0.1, 0.15) is 5.82 Å². The number of hydrogen-bond donors (Lipinski definition) is 1. The van der Waals surface area contributed by atoms with Crippen LogP contribution in [0.2, 0.25) is 0 Å². The zero-order chi connectivity index (χ0) is 20.8. The van der Waals surface area contributed by atoms with Crippen LogP contribution in [0.15, 0.2) is 36.5 Å². The predicted molar refractivity (Wildman–Crippen MR) is 111 cm³/mol. The highest BCUT2D eigenvalue weighted by atomic mass is 16.5. The fourth-order valence-corrected chi connectivity index (χ4v) is 3.15. The number of para-hydroxylation sites is 1. The Hall–Kier alpha value is -3.35. The Balaban J connectivity index is 1.69. The number of pyridine rings is 1. The summed E-state index contributed by atoms with van der Waals surface area (Å²) in [5.41, 5.74) is 2.67. The van der Waals surface area contributed by atoms with Crippen LogP contribution in [0.4, 0.5) is 5.82 Å². The van der Waals surface area contributed by atoms with E-state index in [-0.39, 0.29) is 11.8 Å². The molecular weight excluding hydrogens is 370 g/mol. The summed E-state index contributed by atoms with van der Waals surface area (Å²) in [6, 6.07) is 7.58. The second-order valence-corrected chi connectivity index (χ2v) is 6.73. The van der Waals surface area contributed by atoms with E-state index in [1.165, 1.54) is 6.08 Å². The number of ether oxygens (including phenoxy) is 2. The molecule has 1 aromatic carbocycles. The van der Waals surface area contributed by atoms with Gasteiger partial charge >= 0.3 is 0 Å². The number of likely N-dealkylation sites (N-methyl/N-ethyl adjacent to an activating group) is 1. The maximum absolute atomic E-state index is 12.6. The van der Waals surface area contributed by atoms with E-state index in [1.807, 2.05) is 31.2 Å². The number of carbonyl (C=O) groups excluding carboxylic acids is 2. The molecular formula is C22H25N3O4. The van der Waals surface area contributed by atoms with Crippen LogP contribution in [0.5, 0.6) is 11.5 Å². The summed E-state index contributed by atoms with van der Waals surface area (Å²) in [5, 5.41) is 2.75. The minimum Gasteiger partial charge on any atom is -0.493 e. The Bertz CT molecular complexity index is 940. The lowest BCUT2D eigenvalue weighted by atomic mass is 10.0. The SMILES string of the molecule is CCOc1c(CN(C)C(=O)/C=C/c2cnc3c(c2)CCC(=O)N3)cccc1OC. The van der Waals surface area contributed by atoms with Crippen LogP contribution < -0.4 is 14.8 Å². The molecule has 2 heterocycles. The van der Waals surface area contributed by atoms with Gasteiger partial charge in [-0.3, -0.25) is 9.59 Å². The monoisotopic (exact) mass is 395 g/mol. The van der Waals surface area contributed by atoms with Crippen LogP contribution in [-0.2, 0) is 22.6 Å². The number of nitrogens with zero attached hydrogens (tertiary/aromatic N) is 2. The smallest absolute Gasteiger partial charge is 0.246 e. The molecule has 0 aliphatic carbocycles. The van der Waals surface area contributed by atoms with Crippen molar-refractivity contribution in [3.05, 3.63) is 53.2 Å². The van der Waals surface area contributed by atoms with E-state index in [4.69, 9.17) is 9.47 Å². The number of anilines is 1. The molecule has 29 heavy (non-hydrogen) atoms. The first kappa shape index (κ1) is 20.4. The van der Waals surface area contributed by atoms with E-state index in [0.717, 1.165) is 16.7 Å². The van der Waals surface area contributed by atoms with Gasteiger partial charge in [0.15, 0.2) is 11.5 Å². The molecule has 0 radical (unpaired) electrons. The van der Waals surface area contributed by atoms with Gasteiger partial charge in [-0.1, -0.05) is 12.1 Å². The van der Waals surface area contributed by atoms with E-state index in [2.05, 4.69) is 10.3 Å². The number of hydrogen-bond acceptors (Lipinski definition) is 5. The Morgan fingerprint density at radius 2 is 2.17 bits per heavy atom. The molecule has 3 rings (SSSR count). The molecule has 7 heteroatoms. The van der Waals surface area contributed by atoms with Gasteiger partial charge in [-0.2, -0.15) is 0 Å². The zero-order valence-electron chi connectivity index (χ0n) is 16.9. The highest BCUT2D eigenvalue weighted by molar-refractivity contribution is 5.93. The number of fused-ring (bicyclic) bond motifs is 1. The topological polar surface area (TPSA) is 80.8 Å². The molecule has 0 spiro atoms. The first-order chi connectivity index (χ1) is 14.0. The molecule has 0 saturated carbocycles. The second kappa shape index (κ2) is 9.23. The van der Waals surface area contributed by atoms with Gasteiger partial charge in [0, 0.05) is 37.8 Å². The number of aromatic nitrogens is 1. The van der Waals surface area contributed by atoms with Gasteiger partial charge in [0.2, 0.25) is 11.8 Å². The van der Waals surface area contributed by atoms with Crippen molar-refractivity contribution in [1.82, 2.24) is 9.88 Å². The molecule has 152 valence electrons. The van der Waals surface area contributed by atoms with Crippen molar-refractivity contribution in [1.29, 1.82) is 0 Å². The second-order valence-electron chi connectivity index (χ2n) is 6.73. The van der Waals surface area contributed by atoms with Crippen molar-refractivity contribution in [3.8, 4) is 11.5 Å². The van der Waals surface area contributed by atoms with Crippen LogP contribution in [-0.4, -0.2) is 42.5 Å². The van der Waals surface area contributed by atoms with Crippen LogP contribution in [0.3, 0.4) is 0 Å². The number of nitrogens with one attached hydrogen (secondary N) is 1. The number of carbonyl (C=O) groups is 2. The minimum absolute atomic E-state index is 0.0194. The Morgan fingerprint density at radius 1 is 1.34 bits per heavy atom. The van der Waals surface area contributed by atoms with Crippen molar-refractivity contribution in [3.63, 3.8) is 0 Å². The van der Waals surface area contributed by atoms with E-state index in [9.17, 15) is 9.59 Å². The summed E-state index contributed by atoms with van der Waals surface area (Å²) in [7, 11) is 3.33. The van der Waals surface area contributed by atoms with Crippen molar-refractivity contribution >= 4 is 23.7 Å². The maximum atomic E-state index is 12.6. The highest BCUT2D eigenvalue weighted by Gasteiger charge is 2.16. The fourth-order valence-electron chi connectivity index (χ4n) is 3.15. The fraction of sp³-hybridized carbons (Fsp3) is 0.318. The third-order valence-electron chi connectivity index (χ3n) is 4.64. The molecule has 2 amide bonds. The van der Waals surface area contributed by atoms with Crippen molar-refractivity contribution in [2.45, 2.75) is 26.3 Å². The van der Waals surface area contributed by atoms with Crippen LogP contribution in [0.1, 0.15) is 30.0 Å². The Morgan fingerprint density at radius 3 is 2.93 bits per heavy atom. The molecule has 7 nitrogen and oxygen atoms in total. The molecule has 1 aliphatic rings. The van der Waals surface area contributed by atoms with Crippen LogP contribution in [0.25, 0.3) is 6.08 Å². The Kier molecular flexibility index (Phi) is 6.49. The largest absolute Gasteiger partial charge is 0.493 e. The first-order valence-corrected chi connectivity index (χ1v) is 9.52. The van der Waals surface area contributed by atoms with Crippen molar-refractivity contribution in [2.75, 3.05) is 26.1 Å². The molecule has 0 saturated heterocycles. The van der Waals surface area contributed by atoms with Gasteiger partial charge < -0.3 is 19.7 Å². The number of methoxy groups -OCH3 is 1. The molecule has 0 unspecified atom stereocenters. The van der Waals surface area contributed by atoms with Gasteiger partial charge in [-0.15, -0.1) is 0 Å². The average molecular weight is 395 g/mol. The summed E-state index contributed by atoms with van der Waals surface area (Å²) in [6.07, 6.45) is 6.00. The normalized spacial score (nSPS) is 13.0. The highest BCUT2D eigenvalue weighted by Crippen LogP contribution is 2.31. The molecule has 0 atom stereocenters. The lowest BCUT2D eigenvalue weighted by Crippen LogP contribution is -2.24. The van der Waals surface area contributed by atoms with E-state index in [0.29, 0.717) is 43.3 Å². The average Bonchev–Trinajstić information content (AvgIpc) is 2.73. The standard InChI is InChI=1S/C22H25N3O4/c1-4-29-21-17(6-5-7-18(21)28-3)14-25(2)20(27)11-8-15-12-16-9-10-19(26)24-22(16)23-13-15/h5-8,11-13H,4,9-10,14H2,1-3H3,(H,23,24,26)/b11-8+. The van der Waals surface area contributed by atoms with Gasteiger partial charge in [-0.25, -0.2) is 4.98 Å². The first-order valence-electron chi connectivity index (χ1n) is 9.52. The maximum Gasteiger partial charge on any atom is 0.246 e. The number of aryl methyl sites for hydroxylation is 1. The summed E-state index contributed by atoms with van der Waals surface area (Å²) in [5.74, 6) is 1.74. The van der Waals surface area contributed by atoms with E-state index in [1.54, 1.807) is 31.3 Å². The van der Waals surface area contributed by atoms with Crippen molar-refractivity contribution < 1.29 is 19.1 Å². The molecule has 1 aromatic heterocycles. The van der Waals surface area contributed by atoms with Gasteiger partial charge in [-0.05, 0) is 42.7 Å². The quantitative estimate of drug-likeness (QED) is 0.729. The number of rotatable bonds is 7. The molecule has 1 aliphatic heterocycles. The molecule has 0 fully saturated rings. The minimum atomic E-state index is -0.138. The van der Waals surface area contributed by atoms with E-state index >= 15 is 0 Å². The summed E-state index contributed by atoms with van der Waals surface area (Å²) in [4.78, 5) is 29.9. The van der Waals surface area contributed by atoms with E-state index < -0.39 is 0 Å². The van der Waals surface area contributed by atoms with Crippen LogP contribution in [0, 0.1) is 0 Å². The number of benzene rings is 1.